The summed E-state index contributed by atoms with van der Waals surface area (Å²) in [4.78, 5) is 34.9. The van der Waals surface area contributed by atoms with Gasteiger partial charge in [0.15, 0.2) is 6.10 Å². The summed E-state index contributed by atoms with van der Waals surface area (Å²) < 4.78 is 32.8. The SMILES string of the molecule is CCCCCC=CCC=CCC=CCCCCCCC(=O)O[C@H](COC(=O)CCCCCCCCCC=CCCCCCCCC)COP(=O)(O)OCCN. The first-order valence-corrected chi connectivity index (χ1v) is 23.6. The van der Waals surface area contributed by atoms with Crippen LogP contribution in [0.2, 0.25) is 0 Å². The Labute approximate surface area is 336 Å². The van der Waals surface area contributed by atoms with Gasteiger partial charge in [-0.25, -0.2) is 4.57 Å². The molecule has 2 atom stereocenters. The summed E-state index contributed by atoms with van der Waals surface area (Å²) in [6.45, 7) is 3.67. The number of hydrogen-bond acceptors (Lipinski definition) is 8. The van der Waals surface area contributed by atoms with Crippen molar-refractivity contribution in [2.75, 3.05) is 26.4 Å². The van der Waals surface area contributed by atoms with Gasteiger partial charge in [-0.1, -0.05) is 152 Å². The van der Waals surface area contributed by atoms with Crippen LogP contribution in [-0.4, -0.2) is 49.3 Å². The Morgan fingerprint density at radius 3 is 1.45 bits per heavy atom. The fraction of sp³-hybridized carbons (Fsp3) is 0.778. The highest BCUT2D eigenvalue weighted by Gasteiger charge is 2.26. The number of hydrogen-bond donors (Lipinski definition) is 2. The van der Waals surface area contributed by atoms with Crippen molar-refractivity contribution in [3.8, 4) is 0 Å². The number of esters is 2. The Hall–Kier alpha value is -2.03. The first kappa shape index (κ1) is 53.0. The molecule has 0 aliphatic rings. The lowest BCUT2D eigenvalue weighted by atomic mass is 10.1. The molecule has 0 amide bonds. The van der Waals surface area contributed by atoms with Crippen molar-refractivity contribution in [3.05, 3.63) is 48.6 Å². The summed E-state index contributed by atoms with van der Waals surface area (Å²) in [6.07, 6.45) is 47.1. The fourth-order valence-electron chi connectivity index (χ4n) is 5.87. The molecule has 0 aromatic carbocycles. The lowest BCUT2D eigenvalue weighted by Gasteiger charge is -2.19. The summed E-state index contributed by atoms with van der Waals surface area (Å²) in [5, 5.41) is 0. The number of phosphoric ester groups is 1. The van der Waals surface area contributed by atoms with Crippen LogP contribution in [-0.2, 0) is 32.7 Å². The maximum atomic E-state index is 12.6. The fourth-order valence-corrected chi connectivity index (χ4v) is 6.64. The van der Waals surface area contributed by atoms with Gasteiger partial charge in [-0.05, 0) is 77.0 Å². The molecule has 0 aliphatic carbocycles. The van der Waals surface area contributed by atoms with E-state index in [2.05, 4.69) is 62.5 Å². The van der Waals surface area contributed by atoms with E-state index in [1.54, 1.807) is 0 Å². The molecule has 10 heteroatoms. The van der Waals surface area contributed by atoms with E-state index < -0.39 is 32.5 Å². The molecule has 3 N–H and O–H groups in total. The van der Waals surface area contributed by atoms with Crippen molar-refractivity contribution in [3.63, 3.8) is 0 Å². The quantitative estimate of drug-likeness (QED) is 0.0268. The van der Waals surface area contributed by atoms with Crippen LogP contribution < -0.4 is 5.73 Å². The number of carbonyl (C=O) groups is 2. The van der Waals surface area contributed by atoms with E-state index in [4.69, 9.17) is 24.3 Å². The molecule has 0 aliphatic heterocycles. The van der Waals surface area contributed by atoms with Gasteiger partial charge in [0.1, 0.15) is 6.61 Å². The number of unbranched alkanes of at least 4 members (excludes halogenated alkanes) is 20. The Bertz CT molecular complexity index is 1040. The van der Waals surface area contributed by atoms with Gasteiger partial charge in [-0.2, -0.15) is 0 Å². The largest absolute Gasteiger partial charge is 0.472 e. The molecule has 0 rings (SSSR count). The predicted octanol–water partition coefficient (Wildman–Crippen LogP) is 12.7. The normalized spacial score (nSPS) is 13.7. The van der Waals surface area contributed by atoms with E-state index >= 15 is 0 Å². The van der Waals surface area contributed by atoms with Gasteiger partial charge >= 0.3 is 19.8 Å². The minimum atomic E-state index is -4.38. The molecule has 0 saturated carbocycles. The van der Waals surface area contributed by atoms with Crippen molar-refractivity contribution in [1.82, 2.24) is 0 Å². The van der Waals surface area contributed by atoms with Crippen LogP contribution in [0.4, 0.5) is 0 Å². The second kappa shape index (κ2) is 41.6. The van der Waals surface area contributed by atoms with E-state index in [1.165, 1.54) is 89.9 Å². The molecule has 0 aromatic rings. The molecule has 9 nitrogen and oxygen atoms in total. The van der Waals surface area contributed by atoms with Gasteiger partial charge < -0.3 is 20.1 Å². The van der Waals surface area contributed by atoms with Gasteiger partial charge in [-0.3, -0.25) is 18.6 Å². The predicted molar refractivity (Wildman–Crippen MR) is 229 cm³/mol. The summed E-state index contributed by atoms with van der Waals surface area (Å²) >= 11 is 0. The average Bonchev–Trinajstić information content (AvgIpc) is 3.17. The van der Waals surface area contributed by atoms with Crippen LogP contribution in [0.1, 0.15) is 194 Å². The number of allylic oxidation sites excluding steroid dienone is 8. The Morgan fingerprint density at radius 1 is 0.545 bits per heavy atom. The standard InChI is InChI=1S/C45H82NO8P/c1-3-5-7-9-11-13-15-17-19-21-23-25-27-29-31-33-35-37-44(47)51-41-43(42-53-55(49,50)52-40-39-46)54-45(48)38-36-34-32-30-28-26-24-22-20-18-16-14-12-10-8-6-4-2/h12,14,17-20,24,26,43H,3-11,13,15-16,21-23,25,27-42,46H2,1-2H3,(H,49,50)/t43-/m1/s1. The van der Waals surface area contributed by atoms with E-state index in [0.717, 1.165) is 70.6 Å². The Kier molecular flexibility index (Phi) is 40.1. The Balaban J connectivity index is 4.19. The third kappa shape index (κ3) is 41.4. The second-order valence-electron chi connectivity index (χ2n) is 14.6. The third-order valence-corrected chi connectivity index (χ3v) is 10.2. The van der Waals surface area contributed by atoms with Gasteiger partial charge in [0.25, 0.3) is 0 Å². The monoisotopic (exact) mass is 796 g/mol. The topological polar surface area (TPSA) is 134 Å². The molecule has 0 aromatic heterocycles. The molecule has 55 heavy (non-hydrogen) atoms. The summed E-state index contributed by atoms with van der Waals surface area (Å²) in [7, 11) is -4.38. The summed E-state index contributed by atoms with van der Waals surface area (Å²) in [5.74, 6) is -0.859. The highest BCUT2D eigenvalue weighted by Crippen LogP contribution is 2.43. The third-order valence-electron chi connectivity index (χ3n) is 9.19. The maximum Gasteiger partial charge on any atom is 0.472 e. The number of rotatable bonds is 41. The van der Waals surface area contributed by atoms with E-state index in [-0.39, 0.29) is 32.6 Å². The lowest BCUT2D eigenvalue weighted by molar-refractivity contribution is -0.161. The maximum absolute atomic E-state index is 12.6. The van der Waals surface area contributed by atoms with Crippen LogP contribution in [0.5, 0.6) is 0 Å². The van der Waals surface area contributed by atoms with Gasteiger partial charge in [0.05, 0.1) is 13.2 Å². The van der Waals surface area contributed by atoms with Gasteiger partial charge in [0.2, 0.25) is 0 Å². The molecule has 0 fully saturated rings. The van der Waals surface area contributed by atoms with Crippen molar-refractivity contribution < 1.29 is 37.6 Å². The van der Waals surface area contributed by atoms with Gasteiger partial charge in [0, 0.05) is 19.4 Å². The van der Waals surface area contributed by atoms with E-state index in [9.17, 15) is 19.0 Å². The zero-order valence-corrected chi connectivity index (χ0v) is 36.0. The molecular weight excluding hydrogens is 713 g/mol. The molecule has 0 radical (unpaired) electrons. The second-order valence-corrected chi connectivity index (χ2v) is 16.0. The summed E-state index contributed by atoms with van der Waals surface area (Å²) in [6, 6.07) is 0. The number of ether oxygens (including phenoxy) is 2. The average molecular weight is 796 g/mol. The van der Waals surface area contributed by atoms with Crippen molar-refractivity contribution in [2.24, 2.45) is 5.73 Å². The van der Waals surface area contributed by atoms with Crippen LogP contribution in [0, 0.1) is 0 Å². The number of phosphoric acid groups is 1. The van der Waals surface area contributed by atoms with Gasteiger partial charge in [-0.15, -0.1) is 0 Å². The summed E-state index contributed by atoms with van der Waals surface area (Å²) in [5.41, 5.74) is 5.35. The smallest absolute Gasteiger partial charge is 0.462 e. The zero-order valence-electron chi connectivity index (χ0n) is 35.2. The van der Waals surface area contributed by atoms with Crippen LogP contribution in [0.3, 0.4) is 0 Å². The minimum Gasteiger partial charge on any atom is -0.462 e. The Morgan fingerprint density at radius 2 is 0.945 bits per heavy atom. The van der Waals surface area contributed by atoms with Crippen LogP contribution >= 0.6 is 7.82 Å². The van der Waals surface area contributed by atoms with Crippen LogP contribution in [0.25, 0.3) is 0 Å². The molecular formula is C45H82NO8P. The highest BCUT2D eigenvalue weighted by molar-refractivity contribution is 7.47. The van der Waals surface area contributed by atoms with Crippen molar-refractivity contribution in [1.29, 1.82) is 0 Å². The molecule has 0 heterocycles. The minimum absolute atomic E-state index is 0.0475. The van der Waals surface area contributed by atoms with Crippen molar-refractivity contribution in [2.45, 2.75) is 200 Å². The first-order chi connectivity index (χ1) is 26.8. The van der Waals surface area contributed by atoms with Crippen molar-refractivity contribution >= 4 is 19.8 Å². The molecule has 0 saturated heterocycles. The molecule has 1 unspecified atom stereocenters. The molecule has 0 bridgehead atoms. The van der Waals surface area contributed by atoms with E-state index in [0.29, 0.717) is 6.42 Å². The number of carbonyl (C=O) groups excluding carboxylic acids is 2. The molecule has 320 valence electrons. The van der Waals surface area contributed by atoms with Crippen LogP contribution in [0.15, 0.2) is 48.6 Å². The number of nitrogens with two attached hydrogens (primary N) is 1. The zero-order chi connectivity index (χ0) is 40.3. The molecule has 0 spiro atoms. The highest BCUT2D eigenvalue weighted by atomic mass is 31.2. The lowest BCUT2D eigenvalue weighted by Crippen LogP contribution is -2.29. The van der Waals surface area contributed by atoms with E-state index in [1.807, 2.05) is 0 Å². The first-order valence-electron chi connectivity index (χ1n) is 22.1.